The molecule has 1 aliphatic rings. The van der Waals surface area contributed by atoms with E-state index in [0.717, 1.165) is 33.4 Å². The Morgan fingerprint density at radius 2 is 0.613 bits per heavy atom. The van der Waals surface area contributed by atoms with Crippen molar-refractivity contribution < 1.29 is 56.4 Å². The topological polar surface area (TPSA) is 207 Å². The van der Waals surface area contributed by atoms with Crippen LogP contribution in [0.3, 0.4) is 0 Å². The van der Waals surface area contributed by atoms with Crippen molar-refractivity contribution in [2.75, 3.05) is 0 Å². The Morgan fingerprint density at radius 1 is 0.387 bits per heavy atom. The molecule has 0 amide bonds. The molecule has 0 spiro atoms. The van der Waals surface area contributed by atoms with Crippen LogP contribution in [0.2, 0.25) is 0 Å². The van der Waals surface area contributed by atoms with Gasteiger partial charge in [0.15, 0.2) is 12.1 Å². The summed E-state index contributed by atoms with van der Waals surface area (Å²) in [4.78, 5) is -0.355. The van der Waals surface area contributed by atoms with Gasteiger partial charge >= 0.3 is 0 Å². The third-order valence-corrected chi connectivity index (χ3v) is 11.8. The second kappa shape index (κ2) is 23.4. The van der Waals surface area contributed by atoms with Gasteiger partial charge in [-0.3, -0.25) is 0 Å². The largest absolute Gasteiger partial charge is 0.744 e. The van der Waals surface area contributed by atoms with E-state index in [-0.39, 0.29) is 34.1 Å². The molecule has 1 saturated carbocycles. The Kier molecular flexibility index (Phi) is 18.1. The third kappa shape index (κ3) is 15.1. The van der Waals surface area contributed by atoms with Gasteiger partial charge in [0, 0.05) is 0 Å². The van der Waals surface area contributed by atoms with E-state index in [1.807, 2.05) is 86.6 Å². The molecule has 0 bridgehead atoms. The highest BCUT2D eigenvalue weighted by Gasteiger charge is 2.55. The van der Waals surface area contributed by atoms with Gasteiger partial charge in [-0.15, -0.1) is 0 Å². The predicted octanol–water partition coefficient (Wildman–Crippen LogP) is 5.36. The van der Waals surface area contributed by atoms with E-state index in [9.17, 15) is 25.9 Å². The lowest BCUT2D eigenvalue weighted by molar-refractivity contribution is -0.567. The lowest BCUT2D eigenvalue weighted by atomic mass is 9.81. The van der Waals surface area contributed by atoms with Gasteiger partial charge in [0.25, 0.3) is 0 Å². The zero-order chi connectivity index (χ0) is 44.5. The molecule has 0 unspecified atom stereocenters. The number of rotatable bonds is 14. The minimum atomic E-state index is -4.27. The molecule has 1 aliphatic carbocycles. The van der Waals surface area contributed by atoms with Crippen molar-refractivity contribution in [3.8, 4) is 0 Å². The summed E-state index contributed by atoms with van der Waals surface area (Å²) >= 11 is 0. The highest BCUT2D eigenvalue weighted by atomic mass is 32.2. The number of hydrogen-bond donors (Lipinski definition) is 2. The molecule has 6 atom stereocenters. The fraction of sp³-hybridized carbons (Fsp3) is 0.250. The highest BCUT2D eigenvalue weighted by Crippen LogP contribution is 2.30. The fourth-order valence-corrected chi connectivity index (χ4v) is 7.58. The summed E-state index contributed by atoms with van der Waals surface area (Å²) in [7, 11) is -8.54. The van der Waals surface area contributed by atoms with Crippen molar-refractivity contribution in [3.63, 3.8) is 0 Å². The van der Waals surface area contributed by atoms with E-state index in [1.165, 1.54) is 24.3 Å². The van der Waals surface area contributed by atoms with Gasteiger partial charge in [0.2, 0.25) is 0 Å². The van der Waals surface area contributed by atoms with Crippen molar-refractivity contribution in [2.24, 2.45) is 0 Å². The Balaban J connectivity index is 0.000000267. The Hall–Kier alpha value is -5.10. The van der Waals surface area contributed by atoms with Gasteiger partial charge < -0.3 is 39.5 Å². The van der Waals surface area contributed by atoms with Crippen LogP contribution in [0.15, 0.2) is 180 Å². The van der Waals surface area contributed by atoms with E-state index in [4.69, 9.17) is 18.9 Å². The van der Waals surface area contributed by atoms with Crippen LogP contribution in [0.1, 0.15) is 33.4 Å². The van der Waals surface area contributed by atoms with E-state index in [1.54, 1.807) is 24.3 Å². The second-order valence-corrected chi connectivity index (χ2v) is 17.7. The molecule has 6 aromatic carbocycles. The average molecular weight is 883 g/mol. The van der Waals surface area contributed by atoms with E-state index in [2.05, 4.69) is 60.0 Å². The van der Waals surface area contributed by atoms with Gasteiger partial charge in [-0.1, -0.05) is 157 Å². The first-order valence-corrected chi connectivity index (χ1v) is 22.8. The van der Waals surface area contributed by atoms with Crippen LogP contribution in [-0.2, 0) is 65.6 Å². The number of benzene rings is 6. The van der Waals surface area contributed by atoms with Crippen LogP contribution in [0, 0.1) is 13.8 Å². The summed E-state index contributed by atoms with van der Waals surface area (Å²) in [6, 6.07) is 52.0. The smallest absolute Gasteiger partial charge is 0.168 e. The molecule has 7 rings (SSSR count). The molecule has 6 aromatic rings. The van der Waals surface area contributed by atoms with Crippen LogP contribution < -0.4 is 11.5 Å². The normalized spacial score (nSPS) is 19.9. The summed E-state index contributed by atoms with van der Waals surface area (Å²) in [5, 5.41) is 0. The summed E-state index contributed by atoms with van der Waals surface area (Å²) in [6.07, 6.45) is -1.48. The molecule has 12 nitrogen and oxygen atoms in total. The first-order chi connectivity index (χ1) is 29.7. The molecule has 0 radical (unpaired) electrons. The van der Waals surface area contributed by atoms with Crippen LogP contribution >= 0.6 is 0 Å². The molecule has 6 N–H and O–H groups in total. The zero-order valence-electron chi connectivity index (χ0n) is 34.8. The molecule has 328 valence electrons. The number of ether oxygens (including phenoxy) is 4. The van der Waals surface area contributed by atoms with Crippen LogP contribution in [0.4, 0.5) is 0 Å². The fourth-order valence-electron chi connectivity index (χ4n) is 6.64. The summed E-state index contributed by atoms with van der Waals surface area (Å²) < 4.78 is 88.8. The van der Waals surface area contributed by atoms with E-state index < -0.39 is 32.4 Å². The molecule has 0 aromatic heterocycles. The molecule has 0 heterocycles. The first-order valence-electron chi connectivity index (χ1n) is 20.0. The second-order valence-electron chi connectivity index (χ2n) is 14.9. The maximum absolute atomic E-state index is 10.4. The molecule has 0 aliphatic heterocycles. The van der Waals surface area contributed by atoms with Gasteiger partial charge in [0.05, 0.1) is 36.2 Å². The number of quaternary nitrogens is 2. The predicted molar refractivity (Wildman–Crippen MR) is 232 cm³/mol. The average Bonchev–Trinajstić information content (AvgIpc) is 3.27. The Bertz CT molecular complexity index is 2260. The van der Waals surface area contributed by atoms with Crippen molar-refractivity contribution in [1.29, 1.82) is 0 Å². The number of hydrogen-bond acceptors (Lipinski definition) is 10. The highest BCUT2D eigenvalue weighted by molar-refractivity contribution is 7.86. The van der Waals surface area contributed by atoms with Crippen molar-refractivity contribution in [3.05, 3.63) is 203 Å². The summed E-state index contributed by atoms with van der Waals surface area (Å²) in [6.45, 7) is 5.42. The van der Waals surface area contributed by atoms with Crippen LogP contribution in [0.5, 0.6) is 0 Å². The lowest BCUT2D eigenvalue weighted by Crippen LogP contribution is -2.91. The van der Waals surface area contributed by atoms with Crippen LogP contribution in [0.25, 0.3) is 0 Å². The van der Waals surface area contributed by atoms with Crippen molar-refractivity contribution in [2.45, 2.75) is 86.6 Å². The molecular formula is C48H54N2O10S2. The maximum atomic E-state index is 10.4. The molecular weight excluding hydrogens is 829 g/mol. The van der Waals surface area contributed by atoms with E-state index >= 15 is 0 Å². The van der Waals surface area contributed by atoms with E-state index in [0.29, 0.717) is 26.4 Å². The van der Waals surface area contributed by atoms with Crippen LogP contribution in [-0.4, -0.2) is 62.4 Å². The van der Waals surface area contributed by atoms with Gasteiger partial charge in [-0.25, -0.2) is 16.8 Å². The summed E-state index contributed by atoms with van der Waals surface area (Å²) in [5.74, 6) is 0. The zero-order valence-corrected chi connectivity index (χ0v) is 36.4. The summed E-state index contributed by atoms with van der Waals surface area (Å²) in [5.41, 5.74) is 15.3. The number of aryl methyl sites for hydroxylation is 2. The minimum Gasteiger partial charge on any atom is -0.744 e. The molecule has 14 heteroatoms. The maximum Gasteiger partial charge on any atom is 0.168 e. The molecule has 1 fully saturated rings. The first kappa shape index (κ1) is 47.9. The van der Waals surface area contributed by atoms with Gasteiger partial charge in [-0.05, 0) is 60.4 Å². The third-order valence-electron chi connectivity index (χ3n) is 10.1. The lowest BCUT2D eigenvalue weighted by Gasteiger charge is -2.45. The Labute approximate surface area is 364 Å². The molecule has 62 heavy (non-hydrogen) atoms. The van der Waals surface area contributed by atoms with Gasteiger partial charge in [-0.2, -0.15) is 0 Å². The Morgan fingerprint density at radius 3 is 0.839 bits per heavy atom. The standard InChI is InChI=1S/C34H38N2O4.2C7H8O3S/c35-29-30(36)32(38-22-26-15-7-2-8-16-26)34(40-24-28-19-11-4-12-20-28)33(39-23-27-17-9-3-10-18-27)31(29)37-21-25-13-5-1-6-14-25;2*1-6-2-4-7(5-3-6)11(8,9)10/h1-20,29-34H,21-24,35-36H2;2*2-5H,1H3,(H,8,9,10)/t29-,30+,31-,32-,33+,34+;;/m0../s1. The monoisotopic (exact) mass is 882 g/mol. The quantitative estimate of drug-likeness (QED) is 0.134. The minimum absolute atomic E-state index is 0.165. The molecule has 0 saturated heterocycles. The van der Waals surface area contributed by atoms with Crippen molar-refractivity contribution >= 4 is 20.2 Å². The van der Waals surface area contributed by atoms with Crippen molar-refractivity contribution in [1.82, 2.24) is 0 Å². The SMILES string of the molecule is Cc1ccc(S(=O)(=O)[O-])cc1.Cc1ccc(S(=O)(=O)[O-])cc1.[NH3+][C@@H]1[C@H]([NH3+])[C@H](OCc2ccccc2)[C@@H](OCc2ccccc2)[C@H](OCc2ccccc2)[C@H]1OCc1ccccc1. The van der Waals surface area contributed by atoms with Gasteiger partial charge in [0.1, 0.15) is 44.7 Å².